The maximum atomic E-state index is 12.1. The van der Waals surface area contributed by atoms with E-state index in [0.717, 1.165) is 0 Å². The first-order chi connectivity index (χ1) is 9.52. The number of benzene rings is 1. The number of hydrogen-bond donors (Lipinski definition) is 3. The molecule has 20 heavy (non-hydrogen) atoms. The van der Waals surface area contributed by atoms with Crippen LogP contribution in [0, 0.1) is 0 Å². The fourth-order valence-corrected chi connectivity index (χ4v) is 3.01. The molecule has 0 aliphatic carbocycles. The van der Waals surface area contributed by atoms with E-state index < -0.39 is 0 Å². The van der Waals surface area contributed by atoms with E-state index >= 15 is 0 Å². The minimum Gasteiger partial charge on any atom is -0.504 e. The Labute approximate surface area is 125 Å². The van der Waals surface area contributed by atoms with Crippen molar-refractivity contribution in [3.05, 3.63) is 28.7 Å². The smallest absolute Gasteiger partial charge is 0.266 e. The van der Waals surface area contributed by atoms with Crippen LogP contribution in [0.3, 0.4) is 0 Å². The Morgan fingerprint density at radius 3 is 2.70 bits per heavy atom. The molecular weight excluding hydrogens is 298 g/mol. The van der Waals surface area contributed by atoms with Gasteiger partial charge >= 0.3 is 0 Å². The molecule has 3 N–H and O–H groups in total. The number of carbonyl (C=O) groups excluding carboxylic acids is 1. The third-order valence-corrected chi connectivity index (χ3v) is 4.09. The normalized spacial score (nSPS) is 17.2. The first kappa shape index (κ1) is 14.8. The van der Waals surface area contributed by atoms with Crippen LogP contribution in [0.4, 0.5) is 0 Å². The summed E-state index contributed by atoms with van der Waals surface area (Å²) in [5, 5.41) is 27.5. The van der Waals surface area contributed by atoms with E-state index in [-0.39, 0.29) is 24.0 Å². The molecule has 1 aliphatic heterocycles. The van der Waals surface area contributed by atoms with Crippen LogP contribution in [0.1, 0.15) is 12.0 Å². The van der Waals surface area contributed by atoms with Gasteiger partial charge in [-0.05, 0) is 30.2 Å². The van der Waals surface area contributed by atoms with Crippen molar-refractivity contribution in [1.82, 2.24) is 4.90 Å². The highest BCUT2D eigenvalue weighted by Crippen LogP contribution is 2.34. The van der Waals surface area contributed by atoms with Crippen molar-refractivity contribution in [3.63, 3.8) is 0 Å². The molecule has 1 aromatic rings. The summed E-state index contributed by atoms with van der Waals surface area (Å²) in [4.78, 5) is 14.0. The van der Waals surface area contributed by atoms with Crippen molar-refractivity contribution < 1.29 is 20.1 Å². The summed E-state index contributed by atoms with van der Waals surface area (Å²) in [6, 6.07) is 4.32. The van der Waals surface area contributed by atoms with Gasteiger partial charge in [0.05, 0.1) is 4.91 Å². The van der Waals surface area contributed by atoms with Gasteiger partial charge in [-0.25, -0.2) is 0 Å². The summed E-state index contributed by atoms with van der Waals surface area (Å²) in [5.41, 5.74) is 0.600. The Morgan fingerprint density at radius 2 is 2.05 bits per heavy atom. The number of carbonyl (C=O) groups is 1. The van der Waals surface area contributed by atoms with Crippen LogP contribution in [-0.4, -0.2) is 43.6 Å². The SMILES string of the molecule is O=C1/C(=C/c2ccc(O)c(O)c2)SC(=S)N1CCCO. The van der Waals surface area contributed by atoms with Gasteiger partial charge in [-0.2, -0.15) is 0 Å². The van der Waals surface area contributed by atoms with E-state index in [1.165, 1.54) is 28.8 Å². The molecule has 2 rings (SSSR count). The van der Waals surface area contributed by atoms with E-state index in [0.29, 0.717) is 27.8 Å². The lowest BCUT2D eigenvalue weighted by Crippen LogP contribution is -2.29. The number of aliphatic hydroxyl groups excluding tert-OH is 1. The van der Waals surface area contributed by atoms with Crippen molar-refractivity contribution in [2.75, 3.05) is 13.2 Å². The molecule has 0 spiro atoms. The average Bonchev–Trinajstić information content (AvgIpc) is 2.67. The molecule has 0 unspecified atom stereocenters. The van der Waals surface area contributed by atoms with Gasteiger partial charge in [0.1, 0.15) is 4.32 Å². The lowest BCUT2D eigenvalue weighted by Gasteiger charge is -2.12. The van der Waals surface area contributed by atoms with Crippen molar-refractivity contribution >= 4 is 40.3 Å². The molecule has 5 nitrogen and oxygen atoms in total. The van der Waals surface area contributed by atoms with Gasteiger partial charge in [0.15, 0.2) is 11.5 Å². The van der Waals surface area contributed by atoms with Crippen LogP contribution in [0.25, 0.3) is 6.08 Å². The van der Waals surface area contributed by atoms with Gasteiger partial charge in [-0.1, -0.05) is 30.0 Å². The van der Waals surface area contributed by atoms with Crippen LogP contribution < -0.4 is 0 Å². The number of nitrogens with zero attached hydrogens (tertiary/aromatic N) is 1. The molecule has 1 fully saturated rings. The standard InChI is InChI=1S/C13H13NO4S2/c15-5-1-4-14-12(18)11(20-13(14)19)7-8-2-3-9(16)10(17)6-8/h2-3,6-7,15-17H,1,4-5H2/b11-7-. The summed E-state index contributed by atoms with van der Waals surface area (Å²) >= 11 is 6.31. The maximum absolute atomic E-state index is 12.1. The molecule has 0 radical (unpaired) electrons. The third-order valence-electron chi connectivity index (χ3n) is 2.71. The fraction of sp³-hybridized carbons (Fsp3) is 0.231. The molecular formula is C13H13NO4S2. The summed E-state index contributed by atoms with van der Waals surface area (Å²) < 4.78 is 0.456. The van der Waals surface area contributed by atoms with Gasteiger partial charge in [-0.15, -0.1) is 0 Å². The number of phenolic OH excluding ortho intramolecular Hbond substituents is 2. The van der Waals surface area contributed by atoms with E-state index in [1.807, 2.05) is 0 Å². The Hall–Kier alpha value is -1.57. The van der Waals surface area contributed by atoms with Crippen molar-refractivity contribution in [1.29, 1.82) is 0 Å². The van der Waals surface area contributed by atoms with Gasteiger partial charge < -0.3 is 15.3 Å². The minimum atomic E-state index is -0.241. The highest BCUT2D eigenvalue weighted by molar-refractivity contribution is 8.26. The first-order valence-electron chi connectivity index (χ1n) is 5.91. The summed E-state index contributed by atoms with van der Waals surface area (Å²) in [5.74, 6) is -0.659. The minimum absolute atomic E-state index is 0.00193. The average molecular weight is 311 g/mol. The van der Waals surface area contributed by atoms with E-state index in [1.54, 1.807) is 12.1 Å². The predicted octanol–water partition coefficient (Wildman–Crippen LogP) is 1.68. The van der Waals surface area contributed by atoms with Crippen molar-refractivity contribution in [2.24, 2.45) is 0 Å². The van der Waals surface area contributed by atoms with Gasteiger partial charge in [0, 0.05) is 13.2 Å². The zero-order valence-electron chi connectivity index (χ0n) is 10.4. The molecule has 106 valence electrons. The Morgan fingerprint density at radius 1 is 1.30 bits per heavy atom. The number of thioether (sulfide) groups is 1. The molecule has 1 aromatic carbocycles. The second kappa shape index (κ2) is 6.25. The van der Waals surface area contributed by atoms with Crippen LogP contribution in [0.5, 0.6) is 11.5 Å². The molecule has 1 heterocycles. The van der Waals surface area contributed by atoms with E-state index in [2.05, 4.69) is 0 Å². The third kappa shape index (κ3) is 3.12. The highest BCUT2D eigenvalue weighted by atomic mass is 32.2. The molecule has 1 saturated heterocycles. The zero-order valence-corrected chi connectivity index (χ0v) is 12.1. The topological polar surface area (TPSA) is 81.0 Å². The Bertz CT molecular complexity index is 586. The quantitative estimate of drug-likeness (QED) is 0.446. The van der Waals surface area contributed by atoms with Crippen LogP contribution in [-0.2, 0) is 4.79 Å². The number of aromatic hydroxyl groups is 2. The van der Waals surface area contributed by atoms with Crippen molar-refractivity contribution in [3.8, 4) is 11.5 Å². The molecule has 1 amide bonds. The number of thiocarbonyl (C=S) groups is 1. The molecule has 1 aliphatic rings. The second-order valence-electron chi connectivity index (χ2n) is 4.16. The van der Waals surface area contributed by atoms with Crippen LogP contribution >= 0.6 is 24.0 Å². The first-order valence-corrected chi connectivity index (χ1v) is 7.13. The highest BCUT2D eigenvalue weighted by Gasteiger charge is 2.31. The Kier molecular flexibility index (Phi) is 4.64. The summed E-state index contributed by atoms with van der Waals surface area (Å²) in [7, 11) is 0. The molecule has 0 atom stereocenters. The Balaban J connectivity index is 2.20. The monoisotopic (exact) mass is 311 g/mol. The number of phenols is 2. The van der Waals surface area contributed by atoms with E-state index in [9.17, 15) is 15.0 Å². The number of aliphatic hydroxyl groups is 1. The predicted molar refractivity (Wildman–Crippen MR) is 81.4 cm³/mol. The summed E-state index contributed by atoms with van der Waals surface area (Å²) in [6.07, 6.45) is 2.08. The van der Waals surface area contributed by atoms with Crippen LogP contribution in [0.15, 0.2) is 23.1 Å². The molecule has 0 aromatic heterocycles. The van der Waals surface area contributed by atoms with Crippen molar-refractivity contribution in [2.45, 2.75) is 6.42 Å². The maximum Gasteiger partial charge on any atom is 0.266 e. The zero-order chi connectivity index (χ0) is 14.7. The molecule has 0 bridgehead atoms. The van der Waals surface area contributed by atoms with Crippen LogP contribution in [0.2, 0.25) is 0 Å². The van der Waals surface area contributed by atoms with Gasteiger partial charge in [-0.3, -0.25) is 9.69 Å². The molecule has 7 heteroatoms. The molecule has 0 saturated carbocycles. The number of hydrogen-bond acceptors (Lipinski definition) is 6. The number of amides is 1. The fourth-order valence-electron chi connectivity index (χ4n) is 1.70. The van der Waals surface area contributed by atoms with Gasteiger partial charge in [0.25, 0.3) is 5.91 Å². The summed E-state index contributed by atoms with van der Waals surface area (Å²) in [6.45, 7) is 0.390. The largest absolute Gasteiger partial charge is 0.504 e. The van der Waals surface area contributed by atoms with E-state index in [4.69, 9.17) is 17.3 Å². The lowest BCUT2D eigenvalue weighted by atomic mass is 10.2. The van der Waals surface area contributed by atoms with Gasteiger partial charge in [0.2, 0.25) is 0 Å². The number of rotatable bonds is 4. The second-order valence-corrected chi connectivity index (χ2v) is 5.83. The lowest BCUT2D eigenvalue weighted by molar-refractivity contribution is -0.122.